The summed E-state index contributed by atoms with van der Waals surface area (Å²) in [6, 6.07) is 33.7. The van der Waals surface area contributed by atoms with E-state index in [0.717, 1.165) is 22.8 Å². The Kier molecular flexibility index (Phi) is 11.8. The maximum absolute atomic E-state index is 5.07. The Morgan fingerprint density at radius 2 is 1.51 bits per heavy atom. The smallest absolute Gasteiger partial charge is 0.0964 e. The van der Waals surface area contributed by atoms with Crippen LogP contribution in [-0.2, 0) is 37.2 Å². The summed E-state index contributed by atoms with van der Waals surface area (Å²) in [5.74, 6) is 0.518. The van der Waals surface area contributed by atoms with Crippen molar-refractivity contribution in [3.05, 3.63) is 139 Å². The van der Waals surface area contributed by atoms with Crippen LogP contribution in [0.15, 0.2) is 103 Å². The summed E-state index contributed by atoms with van der Waals surface area (Å²) >= 11 is 0. The minimum atomic E-state index is -0.545. The number of benzene rings is 2. The quantitative estimate of drug-likeness (QED) is 0.117. The standard InChI is InChI=1S/C26H31N5.C13H13P.CH3.Os/c1-24(2,16-27-15-17-9-6-7-14-28-17)20-11-8-10-19(29-20)22-21-18-12-13-26(5,25(18,3)4)23(21)31-30-22;1-14(12-8-4-2-5-9-12)13-10-6-3-7-11-13;;/h6-11,14,18H,12-13,15-16H2,1-5H3;2-11H,1H3;1H3;/q-2;;-1;/p+1. The van der Waals surface area contributed by atoms with E-state index in [-0.39, 0.29) is 43.5 Å². The van der Waals surface area contributed by atoms with Crippen LogP contribution in [0.25, 0.3) is 16.7 Å². The van der Waals surface area contributed by atoms with Crippen molar-refractivity contribution in [2.45, 2.75) is 70.8 Å². The maximum atomic E-state index is 5.07. The van der Waals surface area contributed by atoms with Crippen LogP contribution < -0.4 is 15.7 Å². The summed E-state index contributed by atoms with van der Waals surface area (Å²) in [7, 11) is -0.545. The predicted octanol–water partition coefficient (Wildman–Crippen LogP) is 8.45. The zero-order chi connectivity index (χ0) is 31.7. The summed E-state index contributed by atoms with van der Waals surface area (Å²) < 4.78 is 0. The van der Waals surface area contributed by atoms with E-state index >= 15 is 0 Å². The third-order valence-electron chi connectivity index (χ3n) is 10.5. The van der Waals surface area contributed by atoms with Gasteiger partial charge in [-0.15, -0.1) is 13.1 Å². The second-order valence-corrected chi connectivity index (χ2v) is 16.4. The van der Waals surface area contributed by atoms with Crippen LogP contribution in [0.3, 0.4) is 0 Å². The largest absolute Gasteiger partial charge is 0.656 e. The molecular formula is C40H48N5OsP-2. The molecular weight excluding hydrogens is 772 g/mol. The van der Waals surface area contributed by atoms with Crippen molar-refractivity contribution in [3.63, 3.8) is 0 Å². The van der Waals surface area contributed by atoms with Gasteiger partial charge in [0.25, 0.3) is 0 Å². The molecule has 248 valence electrons. The molecule has 0 saturated heterocycles. The topological polar surface area (TPSA) is 66.9 Å². The van der Waals surface area contributed by atoms with Crippen molar-refractivity contribution >= 4 is 18.5 Å². The van der Waals surface area contributed by atoms with Crippen molar-refractivity contribution in [3.8, 4) is 11.4 Å². The van der Waals surface area contributed by atoms with Gasteiger partial charge in [-0.25, -0.2) is 0 Å². The minimum Gasteiger partial charge on any atom is -0.656 e. The van der Waals surface area contributed by atoms with E-state index in [2.05, 4.69) is 135 Å². The normalized spacial score (nSPS) is 18.8. The molecule has 5 aromatic rings. The van der Waals surface area contributed by atoms with E-state index < -0.39 is 7.92 Å². The average Bonchev–Trinajstić information content (AvgIpc) is 3.66. The maximum Gasteiger partial charge on any atom is 0.0964 e. The van der Waals surface area contributed by atoms with Crippen molar-refractivity contribution in [2.75, 3.05) is 13.2 Å². The van der Waals surface area contributed by atoms with Crippen LogP contribution >= 0.6 is 7.92 Å². The van der Waals surface area contributed by atoms with Crippen molar-refractivity contribution in [1.29, 1.82) is 0 Å². The molecule has 1 fully saturated rings. The molecule has 0 N–H and O–H groups in total. The third kappa shape index (κ3) is 7.22. The third-order valence-corrected chi connectivity index (χ3v) is 12.9. The molecule has 2 atom stereocenters. The number of pyridine rings is 2. The Morgan fingerprint density at radius 1 is 0.872 bits per heavy atom. The molecule has 7 rings (SSSR count). The number of hydrogen-bond acceptors (Lipinski definition) is 3. The number of nitrogens with zero attached hydrogens (tertiary/aromatic N) is 5. The van der Waals surface area contributed by atoms with E-state index in [1.807, 2.05) is 24.4 Å². The molecule has 2 bridgehead atoms. The van der Waals surface area contributed by atoms with Gasteiger partial charge in [-0.3, -0.25) is 9.97 Å². The minimum absolute atomic E-state index is 0. The van der Waals surface area contributed by atoms with Gasteiger partial charge in [0.1, 0.15) is 0 Å². The van der Waals surface area contributed by atoms with Gasteiger partial charge in [0.15, 0.2) is 0 Å². The molecule has 2 aliphatic rings. The number of aromatic nitrogens is 4. The van der Waals surface area contributed by atoms with Gasteiger partial charge in [0.05, 0.1) is 25.2 Å². The molecule has 2 aliphatic carbocycles. The van der Waals surface area contributed by atoms with Crippen LogP contribution in [0, 0.1) is 12.8 Å². The first-order chi connectivity index (χ1) is 21.6. The van der Waals surface area contributed by atoms with E-state index in [1.54, 1.807) is 0 Å². The Morgan fingerprint density at radius 3 is 2.13 bits per heavy atom. The van der Waals surface area contributed by atoms with Gasteiger partial charge in [-0.1, -0.05) is 88.8 Å². The number of fused-ring (bicyclic) bond motifs is 5. The van der Waals surface area contributed by atoms with Crippen molar-refractivity contribution in [1.82, 2.24) is 20.2 Å². The van der Waals surface area contributed by atoms with E-state index in [4.69, 9.17) is 10.3 Å². The molecule has 47 heavy (non-hydrogen) atoms. The van der Waals surface area contributed by atoms with Crippen molar-refractivity contribution < 1.29 is 19.8 Å². The number of hydrogen-bond donors (Lipinski definition) is 0. The summed E-state index contributed by atoms with van der Waals surface area (Å²) in [5, 5.41) is 17.0. The van der Waals surface area contributed by atoms with Crippen LogP contribution in [0.4, 0.5) is 0 Å². The molecule has 0 amide bonds. The number of rotatable bonds is 8. The predicted molar refractivity (Wildman–Crippen MR) is 196 cm³/mol. The van der Waals surface area contributed by atoms with Crippen LogP contribution in [-0.4, -0.2) is 28.3 Å². The summed E-state index contributed by atoms with van der Waals surface area (Å²) in [5.41, 5.74) is 6.70. The van der Waals surface area contributed by atoms with Gasteiger partial charge < -0.3 is 22.9 Å². The zero-order valence-corrected chi connectivity index (χ0v) is 32.4. The summed E-state index contributed by atoms with van der Waals surface area (Å²) in [6.45, 7) is 15.2. The molecule has 0 aliphatic heterocycles. The first kappa shape index (κ1) is 36.8. The van der Waals surface area contributed by atoms with E-state index in [0.29, 0.717) is 19.0 Å². The Hall–Kier alpha value is -3.02. The second kappa shape index (κ2) is 15.0. The molecule has 2 unspecified atom stereocenters. The van der Waals surface area contributed by atoms with E-state index in [1.165, 1.54) is 34.7 Å². The molecule has 0 spiro atoms. The monoisotopic (exact) mass is 821 g/mol. The average molecular weight is 820 g/mol. The molecule has 3 heterocycles. The Balaban J connectivity index is 0.000000264. The van der Waals surface area contributed by atoms with E-state index in [9.17, 15) is 0 Å². The van der Waals surface area contributed by atoms with Gasteiger partial charge in [0, 0.05) is 54.2 Å². The van der Waals surface area contributed by atoms with Crippen LogP contribution in [0.2, 0.25) is 0 Å². The second-order valence-electron chi connectivity index (χ2n) is 14.0. The van der Waals surface area contributed by atoms with Crippen molar-refractivity contribution in [2.24, 2.45) is 5.41 Å². The summed E-state index contributed by atoms with van der Waals surface area (Å²) in [6.07, 6.45) is 4.23. The Labute approximate surface area is 296 Å². The fourth-order valence-electron chi connectivity index (χ4n) is 7.19. The Bertz CT molecular complexity index is 1680. The first-order valence-corrected chi connectivity index (χ1v) is 18.1. The van der Waals surface area contributed by atoms with Crippen LogP contribution in [0.1, 0.15) is 76.0 Å². The van der Waals surface area contributed by atoms with Gasteiger partial charge >= 0.3 is 0 Å². The molecule has 5 nitrogen and oxygen atoms in total. The van der Waals surface area contributed by atoms with Gasteiger partial charge in [-0.2, -0.15) is 0 Å². The SMILES string of the molecule is CC(C)(C[N-]Cc1ccccn1)c1cccc(-c2[n-]nc3c2C2CCC3(C)C2(C)C)n1.C[PH+](c1ccccc1)c1ccccc1.[CH3-].[Os]. The summed E-state index contributed by atoms with van der Waals surface area (Å²) in [4.78, 5) is 9.43. The molecule has 3 aromatic heterocycles. The fraction of sp³-hybridized carbons (Fsp3) is 0.350. The van der Waals surface area contributed by atoms with Gasteiger partial charge in [0.2, 0.25) is 0 Å². The molecule has 7 heteroatoms. The molecule has 1 saturated carbocycles. The van der Waals surface area contributed by atoms with Crippen LogP contribution in [0.5, 0.6) is 0 Å². The molecule has 2 aromatic carbocycles. The van der Waals surface area contributed by atoms with Gasteiger partial charge in [-0.05, 0) is 83.7 Å². The molecule has 0 radical (unpaired) electrons. The first-order valence-electron chi connectivity index (χ1n) is 16.1. The fourth-order valence-corrected chi connectivity index (χ4v) is 8.90. The zero-order valence-electron chi connectivity index (χ0n) is 28.8.